The molecule has 0 amide bonds. The molecule has 0 saturated heterocycles. The number of rotatable bonds is 6. The minimum absolute atomic E-state index is 0. The van der Waals surface area contributed by atoms with Crippen molar-refractivity contribution < 1.29 is 29.3 Å². The van der Waals surface area contributed by atoms with Gasteiger partial charge in [0.15, 0.2) is 0 Å². The Labute approximate surface area is 208 Å². The number of aromatic nitrogens is 2. The van der Waals surface area contributed by atoms with Crippen molar-refractivity contribution in [2.45, 2.75) is 27.7 Å². The molecule has 0 saturated carbocycles. The van der Waals surface area contributed by atoms with Crippen molar-refractivity contribution in [2.75, 3.05) is 17.8 Å². The van der Waals surface area contributed by atoms with E-state index in [4.69, 9.17) is 26.5 Å². The van der Waals surface area contributed by atoms with E-state index in [9.17, 15) is 14.4 Å². The summed E-state index contributed by atoms with van der Waals surface area (Å²) < 4.78 is 6.33. The van der Waals surface area contributed by atoms with Crippen molar-refractivity contribution in [2.24, 2.45) is 5.84 Å². The van der Waals surface area contributed by atoms with Gasteiger partial charge in [0, 0.05) is 0 Å². The number of hydrazine groups is 1. The number of carbonyl (C=O) groups excluding carboxylic acids is 1. The number of nitrogens with zero attached hydrogens (tertiary/aromatic N) is 2. The molecule has 0 spiro atoms. The molecular weight excluding hydrogens is 478 g/mol. The van der Waals surface area contributed by atoms with Crippen LogP contribution < -0.4 is 17.0 Å². The molecule has 0 aliphatic rings. The molecular formula is C23H28ClN5O6. The van der Waals surface area contributed by atoms with Crippen LogP contribution in [0.1, 0.15) is 54.8 Å². The van der Waals surface area contributed by atoms with E-state index in [1.807, 2.05) is 6.92 Å². The highest BCUT2D eigenvalue weighted by Crippen LogP contribution is 2.24. The lowest BCUT2D eigenvalue weighted by atomic mass is 10.1. The number of nitrogen functional groups attached to an aromatic ring is 2. The number of carbonyl (C=O) groups is 3. The number of esters is 1. The van der Waals surface area contributed by atoms with Crippen LogP contribution in [0.15, 0.2) is 36.4 Å². The molecule has 0 fully saturated rings. The molecule has 0 bridgehead atoms. The number of hydrogen-bond acceptors (Lipinski definition) is 8. The van der Waals surface area contributed by atoms with Gasteiger partial charge in [-0.15, -0.1) is 12.4 Å². The number of aromatic carboxylic acids is 2. The van der Waals surface area contributed by atoms with Crippen LogP contribution in [-0.4, -0.2) is 44.5 Å². The third kappa shape index (κ3) is 6.71. The minimum Gasteiger partial charge on any atom is -0.478 e. The normalized spacial score (nSPS) is 9.86. The second kappa shape index (κ2) is 12.4. The first-order valence-electron chi connectivity index (χ1n) is 10.2. The minimum atomic E-state index is -1.05. The predicted octanol–water partition coefficient (Wildman–Crippen LogP) is 3.35. The molecule has 1 heterocycles. The van der Waals surface area contributed by atoms with Crippen LogP contribution >= 0.6 is 12.4 Å². The maximum atomic E-state index is 11.9. The highest BCUT2D eigenvalue weighted by Gasteiger charge is 2.22. The van der Waals surface area contributed by atoms with E-state index >= 15 is 0 Å². The van der Waals surface area contributed by atoms with Crippen molar-refractivity contribution in [3.05, 3.63) is 69.9 Å². The van der Waals surface area contributed by atoms with Crippen LogP contribution in [0, 0.1) is 20.8 Å². The maximum absolute atomic E-state index is 11.9. The summed E-state index contributed by atoms with van der Waals surface area (Å²) >= 11 is 0. The van der Waals surface area contributed by atoms with Gasteiger partial charge in [0.2, 0.25) is 0 Å². The van der Waals surface area contributed by atoms with Gasteiger partial charge < -0.3 is 26.1 Å². The Morgan fingerprint density at radius 1 is 1.00 bits per heavy atom. The van der Waals surface area contributed by atoms with Gasteiger partial charge in [-0.05, 0) is 63.1 Å². The fourth-order valence-corrected chi connectivity index (χ4v) is 3.07. The molecule has 0 aliphatic carbocycles. The number of hydrogen-bond donors (Lipinski definition) is 5. The lowest BCUT2D eigenvalue weighted by Crippen LogP contribution is -2.10. The summed E-state index contributed by atoms with van der Waals surface area (Å²) in [6.07, 6.45) is 0. The molecule has 188 valence electrons. The molecule has 0 unspecified atom stereocenters. The Bertz CT molecular complexity index is 1240. The van der Waals surface area contributed by atoms with E-state index in [0.29, 0.717) is 17.1 Å². The molecule has 35 heavy (non-hydrogen) atoms. The first kappa shape index (κ1) is 28.9. The Morgan fingerprint density at radius 3 is 2.06 bits per heavy atom. The number of ether oxygens (including phenoxy) is 1. The van der Waals surface area contributed by atoms with Gasteiger partial charge in [-0.3, -0.25) is 5.84 Å². The van der Waals surface area contributed by atoms with Gasteiger partial charge in [-0.1, -0.05) is 12.1 Å². The van der Waals surface area contributed by atoms with Crippen molar-refractivity contribution in [3.63, 3.8) is 0 Å². The molecule has 11 nitrogen and oxygen atoms in total. The van der Waals surface area contributed by atoms with Crippen LogP contribution in [-0.2, 0) is 4.74 Å². The molecule has 0 radical (unpaired) electrons. The van der Waals surface area contributed by atoms with E-state index < -0.39 is 17.9 Å². The Kier molecular flexibility index (Phi) is 10.2. The average Bonchev–Trinajstić information content (AvgIpc) is 3.08. The molecule has 2 aromatic carbocycles. The number of benzene rings is 2. The van der Waals surface area contributed by atoms with Crippen LogP contribution in [0.3, 0.4) is 0 Å². The largest absolute Gasteiger partial charge is 0.478 e. The van der Waals surface area contributed by atoms with Gasteiger partial charge in [0.25, 0.3) is 0 Å². The second-order valence-electron chi connectivity index (χ2n) is 7.26. The van der Waals surface area contributed by atoms with Gasteiger partial charge in [0.05, 0.1) is 34.8 Å². The van der Waals surface area contributed by atoms with E-state index in [1.165, 1.54) is 22.9 Å². The van der Waals surface area contributed by atoms with E-state index in [1.54, 1.807) is 39.0 Å². The van der Waals surface area contributed by atoms with Gasteiger partial charge in [-0.2, -0.15) is 5.10 Å². The summed E-state index contributed by atoms with van der Waals surface area (Å²) in [5.41, 5.74) is 12.3. The quantitative estimate of drug-likeness (QED) is 0.189. The molecule has 12 heteroatoms. The van der Waals surface area contributed by atoms with E-state index in [2.05, 4.69) is 10.5 Å². The summed E-state index contributed by atoms with van der Waals surface area (Å²) in [5, 5.41) is 22.0. The summed E-state index contributed by atoms with van der Waals surface area (Å²) in [6.45, 7) is 7.24. The van der Waals surface area contributed by atoms with Gasteiger partial charge >= 0.3 is 17.9 Å². The van der Waals surface area contributed by atoms with Crippen molar-refractivity contribution in [3.8, 4) is 5.69 Å². The lowest BCUT2D eigenvalue weighted by molar-refractivity contribution is 0.0525. The first-order chi connectivity index (χ1) is 16.0. The smallest absolute Gasteiger partial charge is 0.343 e. The van der Waals surface area contributed by atoms with E-state index in [-0.39, 0.29) is 41.5 Å². The maximum Gasteiger partial charge on any atom is 0.343 e. The molecule has 3 rings (SSSR count). The SMILES string of the molecule is CCOC(=O)c1c(C)nn(-c2cc(C(=O)O)ccc2C)c1N.Cc1ccc(C(=O)O)cc1NN.Cl. The third-order valence-corrected chi connectivity index (χ3v) is 4.90. The Balaban J connectivity index is 0.000000401. The molecule has 7 N–H and O–H groups in total. The second-order valence-corrected chi connectivity index (χ2v) is 7.26. The number of anilines is 2. The number of halogens is 1. The summed E-state index contributed by atoms with van der Waals surface area (Å²) in [4.78, 5) is 33.6. The number of aryl methyl sites for hydroxylation is 3. The van der Waals surface area contributed by atoms with Crippen molar-refractivity contribution >= 4 is 41.8 Å². The number of carboxylic acids is 2. The third-order valence-electron chi connectivity index (χ3n) is 4.90. The van der Waals surface area contributed by atoms with Gasteiger partial charge in [-0.25, -0.2) is 19.1 Å². The molecule has 3 aromatic rings. The molecule has 0 aliphatic heterocycles. The molecule has 1 aromatic heterocycles. The van der Waals surface area contributed by atoms with Crippen molar-refractivity contribution in [1.82, 2.24) is 9.78 Å². The fraction of sp³-hybridized carbons (Fsp3) is 0.217. The Hall–Kier alpha value is -4.09. The number of nitrogens with one attached hydrogen (secondary N) is 1. The monoisotopic (exact) mass is 505 g/mol. The zero-order chi connectivity index (χ0) is 25.6. The van der Waals surface area contributed by atoms with E-state index in [0.717, 1.165) is 11.1 Å². The summed E-state index contributed by atoms with van der Waals surface area (Å²) in [6, 6.07) is 9.38. The first-order valence-corrected chi connectivity index (χ1v) is 10.2. The average molecular weight is 506 g/mol. The standard InChI is InChI=1S/C15H17N3O4.C8H10N2O2.ClH/c1-4-22-15(21)12-9(3)17-18(13(12)16)11-7-10(14(19)20)6-5-8(11)2;1-5-2-3-6(8(11)12)4-7(5)10-9;/h5-7H,4,16H2,1-3H3,(H,19,20);2-4,10H,9H2,1H3,(H,11,12);1H. The topological polar surface area (TPSA) is 183 Å². The summed E-state index contributed by atoms with van der Waals surface area (Å²) in [5.74, 6) is 2.76. The van der Waals surface area contributed by atoms with Crippen LogP contribution in [0.4, 0.5) is 11.5 Å². The van der Waals surface area contributed by atoms with Crippen LogP contribution in [0.25, 0.3) is 5.69 Å². The molecule has 0 atom stereocenters. The highest BCUT2D eigenvalue weighted by molar-refractivity contribution is 5.96. The van der Waals surface area contributed by atoms with Crippen LogP contribution in [0.2, 0.25) is 0 Å². The van der Waals surface area contributed by atoms with Gasteiger partial charge in [0.1, 0.15) is 11.4 Å². The summed E-state index contributed by atoms with van der Waals surface area (Å²) in [7, 11) is 0. The Morgan fingerprint density at radius 2 is 1.54 bits per heavy atom. The zero-order valence-corrected chi connectivity index (χ0v) is 20.5. The highest BCUT2D eigenvalue weighted by atomic mass is 35.5. The lowest BCUT2D eigenvalue weighted by Gasteiger charge is -2.09. The van der Waals surface area contributed by atoms with Crippen molar-refractivity contribution in [1.29, 1.82) is 0 Å². The van der Waals surface area contributed by atoms with Crippen LogP contribution in [0.5, 0.6) is 0 Å². The predicted molar refractivity (Wildman–Crippen MR) is 134 cm³/mol. The number of nitrogens with two attached hydrogens (primary N) is 2. The zero-order valence-electron chi connectivity index (χ0n) is 19.7. The number of carboxylic acid groups (broad SMARTS) is 2. The fourth-order valence-electron chi connectivity index (χ4n) is 3.07.